The van der Waals surface area contributed by atoms with Crippen molar-refractivity contribution in [3.05, 3.63) is 107 Å². The zero-order valence-electron chi connectivity index (χ0n) is 20.0. The molecule has 0 saturated carbocycles. The second-order valence-corrected chi connectivity index (χ2v) is 8.58. The molecule has 0 bridgehead atoms. The van der Waals surface area contributed by atoms with Gasteiger partial charge < -0.3 is 9.47 Å². The fourth-order valence-electron chi connectivity index (χ4n) is 5.05. The number of carbonyl (C=O) groups is 2. The van der Waals surface area contributed by atoms with Crippen molar-refractivity contribution in [1.29, 1.82) is 0 Å². The molecule has 0 spiro atoms. The maximum absolute atomic E-state index is 13.8. The number of ether oxygens (including phenoxy) is 2. The molecule has 0 amide bonds. The smallest absolute Gasteiger partial charge is 0.359 e. The molecule has 2 heterocycles. The summed E-state index contributed by atoms with van der Waals surface area (Å²) in [6.07, 6.45) is 0. The first kappa shape index (κ1) is 22.4. The minimum Gasteiger partial charge on any atom is -0.465 e. The Labute approximate surface area is 210 Å². The highest BCUT2D eigenvalue weighted by molar-refractivity contribution is 6.25. The Bertz CT molecular complexity index is 1850. The average molecular weight is 488 g/mol. The van der Waals surface area contributed by atoms with Gasteiger partial charge in [-0.05, 0) is 33.7 Å². The fourth-order valence-corrected chi connectivity index (χ4v) is 5.05. The lowest BCUT2D eigenvalue weighted by atomic mass is 9.88. The molecule has 0 atom stereocenters. The number of methoxy groups -OCH3 is 2. The van der Waals surface area contributed by atoms with Gasteiger partial charge in [0, 0.05) is 10.8 Å². The normalized spacial score (nSPS) is 11.3. The van der Waals surface area contributed by atoms with Gasteiger partial charge in [0.15, 0.2) is 5.69 Å². The predicted octanol–water partition coefficient (Wildman–Crippen LogP) is 5.35. The highest BCUT2D eigenvalue weighted by atomic mass is 16.5. The van der Waals surface area contributed by atoms with Crippen molar-refractivity contribution in [3.8, 4) is 22.3 Å². The van der Waals surface area contributed by atoms with E-state index in [4.69, 9.17) is 9.47 Å². The first-order valence-corrected chi connectivity index (χ1v) is 11.6. The summed E-state index contributed by atoms with van der Waals surface area (Å²) in [4.78, 5) is 39.2. The van der Waals surface area contributed by atoms with Gasteiger partial charge in [-0.3, -0.25) is 4.79 Å². The number of rotatable bonds is 4. The van der Waals surface area contributed by atoms with Crippen LogP contribution in [0.15, 0.2) is 89.7 Å². The van der Waals surface area contributed by atoms with Crippen molar-refractivity contribution < 1.29 is 19.1 Å². The fraction of sp³-hybridized carbons (Fsp3) is 0.0667. The van der Waals surface area contributed by atoms with Crippen molar-refractivity contribution in [2.24, 2.45) is 0 Å². The quantitative estimate of drug-likeness (QED) is 0.311. The summed E-state index contributed by atoms with van der Waals surface area (Å²) in [5.41, 5.74) is 3.23. The molecule has 0 unspecified atom stereocenters. The molecule has 0 aliphatic carbocycles. The van der Waals surface area contributed by atoms with E-state index in [1.54, 1.807) is 6.07 Å². The van der Waals surface area contributed by atoms with Gasteiger partial charge in [-0.1, -0.05) is 78.9 Å². The summed E-state index contributed by atoms with van der Waals surface area (Å²) in [6.45, 7) is 0. The second-order valence-electron chi connectivity index (χ2n) is 8.58. The first-order chi connectivity index (χ1) is 18.0. The van der Waals surface area contributed by atoms with E-state index in [0.717, 1.165) is 32.2 Å². The van der Waals surface area contributed by atoms with Crippen LogP contribution < -0.4 is 5.56 Å². The van der Waals surface area contributed by atoms with Gasteiger partial charge in [-0.2, -0.15) is 9.61 Å². The van der Waals surface area contributed by atoms with Crippen molar-refractivity contribution in [1.82, 2.24) is 9.61 Å². The number of carbonyl (C=O) groups excluding carboxylic acids is 2. The molecule has 0 fully saturated rings. The molecular formula is C30H20N2O5. The zero-order valence-corrected chi connectivity index (χ0v) is 20.0. The van der Waals surface area contributed by atoms with Crippen LogP contribution in [0, 0.1) is 0 Å². The van der Waals surface area contributed by atoms with Crippen LogP contribution in [0.3, 0.4) is 0 Å². The predicted molar refractivity (Wildman–Crippen MR) is 141 cm³/mol. The van der Waals surface area contributed by atoms with Crippen LogP contribution in [0.4, 0.5) is 0 Å². The van der Waals surface area contributed by atoms with Gasteiger partial charge in [-0.25, -0.2) is 9.59 Å². The van der Waals surface area contributed by atoms with E-state index in [9.17, 15) is 14.4 Å². The summed E-state index contributed by atoms with van der Waals surface area (Å²) < 4.78 is 10.9. The number of aromatic nitrogens is 2. The molecule has 4 aromatic carbocycles. The highest BCUT2D eigenvalue weighted by Gasteiger charge is 2.30. The van der Waals surface area contributed by atoms with Crippen LogP contribution >= 0.6 is 0 Å². The third-order valence-electron chi connectivity index (χ3n) is 6.66. The lowest BCUT2D eigenvalue weighted by Crippen LogP contribution is -2.15. The Morgan fingerprint density at radius 1 is 0.676 bits per heavy atom. The van der Waals surface area contributed by atoms with Gasteiger partial charge in [0.05, 0.1) is 25.1 Å². The summed E-state index contributed by atoms with van der Waals surface area (Å²) in [5.74, 6) is -1.61. The lowest BCUT2D eigenvalue weighted by Gasteiger charge is -2.16. The Hall–Kier alpha value is -5.04. The van der Waals surface area contributed by atoms with Crippen LogP contribution in [0.5, 0.6) is 0 Å². The molecule has 180 valence electrons. The Morgan fingerprint density at radius 2 is 1.22 bits per heavy atom. The minimum absolute atomic E-state index is 0.104. The van der Waals surface area contributed by atoms with Gasteiger partial charge in [0.25, 0.3) is 5.56 Å². The average Bonchev–Trinajstić information content (AvgIpc) is 3.36. The zero-order chi connectivity index (χ0) is 25.7. The number of fused-ring (bicyclic) bond motifs is 2. The Morgan fingerprint density at radius 3 is 1.76 bits per heavy atom. The maximum atomic E-state index is 13.8. The van der Waals surface area contributed by atoms with Crippen molar-refractivity contribution in [2.45, 2.75) is 0 Å². The van der Waals surface area contributed by atoms with E-state index in [1.165, 1.54) is 14.2 Å². The van der Waals surface area contributed by atoms with Crippen LogP contribution in [-0.2, 0) is 9.47 Å². The summed E-state index contributed by atoms with van der Waals surface area (Å²) >= 11 is 0. The molecule has 6 aromatic rings. The topological polar surface area (TPSA) is 87.0 Å². The van der Waals surface area contributed by atoms with E-state index in [1.807, 2.05) is 78.9 Å². The van der Waals surface area contributed by atoms with Gasteiger partial charge >= 0.3 is 11.9 Å². The van der Waals surface area contributed by atoms with Crippen molar-refractivity contribution in [3.63, 3.8) is 0 Å². The highest BCUT2D eigenvalue weighted by Crippen LogP contribution is 2.42. The Balaban J connectivity index is 1.88. The molecule has 37 heavy (non-hydrogen) atoms. The maximum Gasteiger partial charge on any atom is 0.359 e. The number of benzene rings is 4. The molecule has 0 N–H and O–H groups in total. The standard InChI is InChI=1S/C30H20N2O5/c1-36-29(34)25-26(30(35)37-2)31-32-27(25)21-15-13-19(17-9-5-3-6-10-17)23-20(18-11-7-4-8-12-18)14-16-22(24(21)23)28(32)33/h3-16H,1-2H3. The monoisotopic (exact) mass is 488 g/mol. The summed E-state index contributed by atoms with van der Waals surface area (Å²) in [7, 11) is 2.41. The van der Waals surface area contributed by atoms with E-state index in [0.29, 0.717) is 16.2 Å². The number of hydrogen-bond donors (Lipinski definition) is 0. The van der Waals surface area contributed by atoms with E-state index in [-0.39, 0.29) is 16.8 Å². The third-order valence-corrected chi connectivity index (χ3v) is 6.66. The summed E-state index contributed by atoms with van der Waals surface area (Å²) in [6, 6.07) is 27.3. The Kier molecular flexibility index (Phi) is 5.19. The first-order valence-electron chi connectivity index (χ1n) is 11.6. The molecular weight excluding hydrogens is 468 g/mol. The van der Waals surface area contributed by atoms with Gasteiger partial charge in [0.1, 0.15) is 5.56 Å². The molecule has 0 radical (unpaired) electrons. The number of hydrogen-bond acceptors (Lipinski definition) is 6. The van der Waals surface area contributed by atoms with Gasteiger partial charge in [0.2, 0.25) is 0 Å². The SMILES string of the molecule is COC(=O)c1nn2c(=O)c3ccc(-c4ccccc4)c4c(-c5ccccc5)ccc(c43)c2c1C(=O)OC. The molecule has 0 aliphatic heterocycles. The van der Waals surface area contributed by atoms with E-state index in [2.05, 4.69) is 5.10 Å². The minimum atomic E-state index is -0.832. The number of pyridine rings is 1. The molecule has 2 aromatic heterocycles. The van der Waals surface area contributed by atoms with Crippen LogP contribution in [0.2, 0.25) is 0 Å². The number of nitrogens with zero attached hydrogens (tertiary/aromatic N) is 2. The molecule has 7 heteroatoms. The van der Waals surface area contributed by atoms with E-state index < -0.39 is 17.5 Å². The molecule has 6 rings (SSSR count). The molecule has 0 saturated heterocycles. The molecule has 7 nitrogen and oxygen atoms in total. The van der Waals surface area contributed by atoms with Crippen LogP contribution in [0.1, 0.15) is 20.8 Å². The van der Waals surface area contributed by atoms with Gasteiger partial charge in [-0.15, -0.1) is 0 Å². The lowest BCUT2D eigenvalue weighted by molar-refractivity contribution is 0.0553. The van der Waals surface area contributed by atoms with Crippen LogP contribution in [0.25, 0.3) is 49.3 Å². The summed E-state index contributed by atoms with van der Waals surface area (Å²) in [5, 5.41) is 6.78. The van der Waals surface area contributed by atoms with Crippen LogP contribution in [-0.4, -0.2) is 35.8 Å². The van der Waals surface area contributed by atoms with Crippen molar-refractivity contribution in [2.75, 3.05) is 14.2 Å². The van der Waals surface area contributed by atoms with E-state index >= 15 is 0 Å². The number of esters is 2. The molecule has 0 aliphatic rings. The second kappa shape index (κ2) is 8.57. The third kappa shape index (κ3) is 3.28. The van der Waals surface area contributed by atoms with Crippen molar-refractivity contribution >= 4 is 39.0 Å². The largest absolute Gasteiger partial charge is 0.465 e.